The van der Waals surface area contributed by atoms with Crippen molar-refractivity contribution in [2.45, 2.75) is 303 Å². The normalized spacial score (nSPS) is 12.7. The average molecular weight is 1030 g/mol. The Morgan fingerprint density at radius 2 is 0.527 bits per heavy atom. The van der Waals surface area contributed by atoms with E-state index in [1.807, 2.05) is 0 Å². The molecule has 424 valence electrons. The lowest BCUT2D eigenvalue weighted by Gasteiger charge is -2.18. The molecule has 1 unspecified atom stereocenters. The van der Waals surface area contributed by atoms with E-state index < -0.39 is 6.10 Å². The highest BCUT2D eigenvalue weighted by molar-refractivity contribution is 5.71. The maximum absolute atomic E-state index is 12.9. The molecule has 0 rings (SSSR count). The molecule has 0 aromatic carbocycles. The number of carbonyl (C=O) groups is 3. The van der Waals surface area contributed by atoms with Crippen LogP contribution >= 0.6 is 0 Å². The Hall–Kier alpha value is -3.67. The molecule has 74 heavy (non-hydrogen) atoms. The van der Waals surface area contributed by atoms with E-state index in [1.54, 1.807) is 0 Å². The standard InChI is InChI=1S/C68H116O6/c1-4-7-10-13-16-19-22-25-27-28-29-30-31-32-33-34-35-36-37-38-39-40-42-43-46-49-52-55-58-61-67(70)73-64-65(63-72-66(69)60-57-54-51-48-45-24-21-18-15-12-9-6-3)74-68(71)62-59-56-53-50-47-44-41-26-23-20-17-14-11-8-5-2/h7-8,10-11,16-21,25-27,29-30,41,65H,4-6,9,12-15,22-24,28,31-40,42-64H2,1-3H3/b10-7-,11-8-,19-16-,20-17-,21-18-,27-25-,30-29-,41-26-. The second-order valence-electron chi connectivity index (χ2n) is 20.5. The first-order valence-electron chi connectivity index (χ1n) is 31.2. The lowest BCUT2D eigenvalue weighted by Crippen LogP contribution is -2.30. The largest absolute Gasteiger partial charge is 0.462 e. The number of hydrogen-bond acceptors (Lipinski definition) is 6. The summed E-state index contributed by atoms with van der Waals surface area (Å²) < 4.78 is 16.9. The molecule has 0 aliphatic carbocycles. The quantitative estimate of drug-likeness (QED) is 0.0261. The molecule has 0 aromatic heterocycles. The zero-order valence-corrected chi connectivity index (χ0v) is 48.6. The first kappa shape index (κ1) is 70.3. The molecule has 0 heterocycles. The van der Waals surface area contributed by atoms with E-state index in [0.717, 1.165) is 128 Å². The van der Waals surface area contributed by atoms with Gasteiger partial charge < -0.3 is 14.2 Å². The monoisotopic (exact) mass is 1030 g/mol. The zero-order valence-electron chi connectivity index (χ0n) is 48.6. The molecule has 0 aromatic rings. The third-order valence-corrected chi connectivity index (χ3v) is 13.3. The van der Waals surface area contributed by atoms with Gasteiger partial charge in [0, 0.05) is 19.3 Å². The minimum Gasteiger partial charge on any atom is -0.462 e. The Kier molecular flexibility index (Phi) is 58.8. The minimum absolute atomic E-state index is 0.0854. The highest BCUT2D eigenvalue weighted by Crippen LogP contribution is 2.16. The van der Waals surface area contributed by atoms with Gasteiger partial charge in [0.05, 0.1) is 0 Å². The van der Waals surface area contributed by atoms with Gasteiger partial charge in [0.1, 0.15) is 13.2 Å². The Labute approximate surface area is 457 Å². The van der Waals surface area contributed by atoms with E-state index in [4.69, 9.17) is 14.2 Å². The van der Waals surface area contributed by atoms with Crippen LogP contribution in [0.5, 0.6) is 0 Å². The van der Waals surface area contributed by atoms with E-state index in [9.17, 15) is 14.4 Å². The van der Waals surface area contributed by atoms with Gasteiger partial charge in [-0.3, -0.25) is 14.4 Å². The summed E-state index contributed by atoms with van der Waals surface area (Å²) >= 11 is 0. The van der Waals surface area contributed by atoms with Gasteiger partial charge >= 0.3 is 17.9 Å². The number of esters is 3. The van der Waals surface area contributed by atoms with Gasteiger partial charge in [0.15, 0.2) is 6.10 Å². The summed E-state index contributed by atoms with van der Waals surface area (Å²) in [6, 6.07) is 0. The van der Waals surface area contributed by atoms with Crippen molar-refractivity contribution >= 4 is 17.9 Å². The van der Waals surface area contributed by atoms with Gasteiger partial charge in [-0.25, -0.2) is 0 Å². The highest BCUT2D eigenvalue weighted by atomic mass is 16.6. The van der Waals surface area contributed by atoms with Gasteiger partial charge in [0.2, 0.25) is 0 Å². The Bertz CT molecular complexity index is 1460. The maximum atomic E-state index is 12.9. The number of carbonyl (C=O) groups excluding carboxylic acids is 3. The molecule has 0 spiro atoms. The van der Waals surface area contributed by atoms with Crippen molar-refractivity contribution in [1.29, 1.82) is 0 Å². The fourth-order valence-corrected chi connectivity index (χ4v) is 8.68. The predicted octanol–water partition coefficient (Wildman–Crippen LogP) is 21.3. The summed E-state index contributed by atoms with van der Waals surface area (Å²) in [5, 5.41) is 0. The molecule has 0 N–H and O–H groups in total. The summed E-state index contributed by atoms with van der Waals surface area (Å²) in [7, 11) is 0. The van der Waals surface area contributed by atoms with Crippen LogP contribution in [0.2, 0.25) is 0 Å². The van der Waals surface area contributed by atoms with Crippen LogP contribution in [0.25, 0.3) is 0 Å². The zero-order chi connectivity index (χ0) is 53.6. The summed E-state index contributed by atoms with van der Waals surface area (Å²) in [5.74, 6) is -0.905. The first-order valence-corrected chi connectivity index (χ1v) is 31.2. The van der Waals surface area contributed by atoms with Crippen molar-refractivity contribution in [3.05, 3.63) is 97.2 Å². The Balaban J connectivity index is 4.21. The number of allylic oxidation sites excluding steroid dienone is 16. The topological polar surface area (TPSA) is 78.9 Å². The van der Waals surface area contributed by atoms with E-state index in [-0.39, 0.29) is 31.1 Å². The lowest BCUT2D eigenvalue weighted by molar-refractivity contribution is -0.167. The van der Waals surface area contributed by atoms with Crippen LogP contribution in [0.15, 0.2) is 97.2 Å². The van der Waals surface area contributed by atoms with Crippen LogP contribution in [-0.2, 0) is 28.6 Å². The predicted molar refractivity (Wildman–Crippen MR) is 320 cm³/mol. The van der Waals surface area contributed by atoms with Crippen molar-refractivity contribution in [1.82, 2.24) is 0 Å². The summed E-state index contributed by atoms with van der Waals surface area (Å²) in [5.41, 5.74) is 0. The molecular weight excluding hydrogens is 913 g/mol. The number of rotatable bonds is 56. The maximum Gasteiger partial charge on any atom is 0.306 e. The molecule has 6 nitrogen and oxygen atoms in total. The molecule has 0 amide bonds. The van der Waals surface area contributed by atoms with Gasteiger partial charge in [-0.15, -0.1) is 0 Å². The van der Waals surface area contributed by atoms with Crippen molar-refractivity contribution in [2.75, 3.05) is 13.2 Å². The molecule has 0 saturated heterocycles. The number of hydrogen-bond donors (Lipinski definition) is 0. The van der Waals surface area contributed by atoms with E-state index in [2.05, 4.69) is 118 Å². The fraction of sp³-hybridized carbons (Fsp3) is 0.721. The Morgan fingerprint density at radius 3 is 0.838 bits per heavy atom. The third kappa shape index (κ3) is 59.2. The molecule has 0 aliphatic rings. The summed E-state index contributed by atoms with van der Waals surface area (Å²) in [4.78, 5) is 38.2. The molecule has 6 heteroatoms. The van der Waals surface area contributed by atoms with Gasteiger partial charge in [-0.2, -0.15) is 0 Å². The first-order chi connectivity index (χ1) is 36.5. The molecule has 0 aliphatic heterocycles. The summed E-state index contributed by atoms with van der Waals surface area (Å²) in [6.07, 6.45) is 82.8. The van der Waals surface area contributed by atoms with Crippen molar-refractivity contribution in [3.63, 3.8) is 0 Å². The van der Waals surface area contributed by atoms with Crippen molar-refractivity contribution in [3.8, 4) is 0 Å². The van der Waals surface area contributed by atoms with Crippen LogP contribution in [0.1, 0.15) is 297 Å². The summed E-state index contributed by atoms with van der Waals surface area (Å²) in [6.45, 7) is 6.39. The average Bonchev–Trinajstić information content (AvgIpc) is 3.40. The smallest absolute Gasteiger partial charge is 0.306 e. The fourth-order valence-electron chi connectivity index (χ4n) is 8.68. The van der Waals surface area contributed by atoms with Gasteiger partial charge in [-0.05, 0) is 116 Å². The van der Waals surface area contributed by atoms with E-state index >= 15 is 0 Å². The molecule has 0 fully saturated rings. The van der Waals surface area contributed by atoms with Crippen LogP contribution in [0, 0.1) is 0 Å². The van der Waals surface area contributed by atoms with Crippen molar-refractivity contribution in [2.24, 2.45) is 0 Å². The second-order valence-corrected chi connectivity index (χ2v) is 20.5. The molecular formula is C68H116O6. The number of ether oxygens (including phenoxy) is 3. The SMILES string of the molecule is CC/C=C\C/C=C\C/C=C\C/C=C\CCCCCCCCCCCCCCCCCCC(=O)OCC(COC(=O)CCCCCCC/C=C\CCCCC)OC(=O)CCCCCCC/C=C\C/C=C\C/C=C\CC. The van der Waals surface area contributed by atoms with Crippen LogP contribution in [0.4, 0.5) is 0 Å². The molecule has 1 atom stereocenters. The Morgan fingerprint density at radius 1 is 0.284 bits per heavy atom. The molecule has 0 saturated carbocycles. The minimum atomic E-state index is -0.789. The highest BCUT2D eigenvalue weighted by Gasteiger charge is 2.19. The second kappa shape index (κ2) is 61.9. The molecule has 0 bridgehead atoms. The van der Waals surface area contributed by atoms with E-state index in [0.29, 0.717) is 19.3 Å². The van der Waals surface area contributed by atoms with E-state index in [1.165, 1.54) is 128 Å². The van der Waals surface area contributed by atoms with Gasteiger partial charge in [-0.1, -0.05) is 259 Å². The lowest BCUT2D eigenvalue weighted by atomic mass is 10.0. The van der Waals surface area contributed by atoms with Crippen molar-refractivity contribution < 1.29 is 28.6 Å². The van der Waals surface area contributed by atoms with Crippen LogP contribution in [0.3, 0.4) is 0 Å². The number of unbranched alkanes of at least 4 members (excludes halogenated alkanes) is 29. The third-order valence-electron chi connectivity index (χ3n) is 13.3. The van der Waals surface area contributed by atoms with Crippen LogP contribution < -0.4 is 0 Å². The van der Waals surface area contributed by atoms with Crippen LogP contribution in [-0.4, -0.2) is 37.2 Å². The van der Waals surface area contributed by atoms with Gasteiger partial charge in [0.25, 0.3) is 0 Å². The molecule has 0 radical (unpaired) electrons.